The molecule has 35 heavy (non-hydrogen) atoms. The Morgan fingerprint density at radius 3 is 2.60 bits per heavy atom. The van der Waals surface area contributed by atoms with E-state index in [1.165, 1.54) is 11.3 Å². The Balaban J connectivity index is 2.37. The third-order valence-corrected chi connectivity index (χ3v) is 7.81. The van der Waals surface area contributed by atoms with Crippen LogP contribution in [0.1, 0.15) is 71.5 Å². The van der Waals surface area contributed by atoms with Crippen LogP contribution in [0.15, 0.2) is 34.8 Å². The Morgan fingerprint density at radius 2 is 1.97 bits per heavy atom. The van der Waals surface area contributed by atoms with Crippen molar-refractivity contribution < 1.29 is 19.8 Å². The average molecular weight is 504 g/mol. The number of ketones is 1. The zero-order chi connectivity index (χ0) is 26.3. The highest BCUT2D eigenvalue weighted by Gasteiger charge is 2.42. The number of rotatable bonds is 3. The molecule has 2 heterocycles. The molecule has 1 aromatic rings. The summed E-state index contributed by atoms with van der Waals surface area (Å²) in [5.74, 6) is -1.38. The summed E-state index contributed by atoms with van der Waals surface area (Å²) in [6.07, 6.45) is 6.96. The van der Waals surface area contributed by atoms with E-state index in [0.29, 0.717) is 19.4 Å². The summed E-state index contributed by atoms with van der Waals surface area (Å²) in [6.45, 7) is 11.2. The van der Waals surface area contributed by atoms with Gasteiger partial charge in [0.2, 0.25) is 5.91 Å². The number of aliphatic hydroxyl groups excluding tert-OH is 2. The zero-order valence-electron chi connectivity index (χ0n) is 21.7. The van der Waals surface area contributed by atoms with Gasteiger partial charge < -0.3 is 21.3 Å². The maximum absolute atomic E-state index is 13.2. The number of carbonyl (C=O) groups is 2. The van der Waals surface area contributed by atoms with E-state index in [1.54, 1.807) is 20.8 Å². The van der Waals surface area contributed by atoms with Gasteiger partial charge in [-0.05, 0) is 44.3 Å². The van der Waals surface area contributed by atoms with Crippen molar-refractivity contribution in [1.29, 1.82) is 0 Å². The largest absolute Gasteiger partial charge is 0.392 e. The molecule has 8 heteroatoms. The summed E-state index contributed by atoms with van der Waals surface area (Å²) < 4.78 is 0. The Morgan fingerprint density at radius 1 is 1.29 bits per heavy atom. The van der Waals surface area contributed by atoms with Gasteiger partial charge in [0, 0.05) is 17.8 Å². The first-order valence-corrected chi connectivity index (χ1v) is 13.1. The van der Waals surface area contributed by atoms with Crippen molar-refractivity contribution in [2.75, 3.05) is 0 Å². The van der Waals surface area contributed by atoms with Gasteiger partial charge in [0.05, 0.1) is 35.8 Å². The molecule has 5 N–H and O–H groups in total. The van der Waals surface area contributed by atoms with Crippen molar-refractivity contribution in [3.05, 3.63) is 45.5 Å². The maximum atomic E-state index is 13.2. The zero-order valence-corrected chi connectivity index (χ0v) is 22.6. The summed E-state index contributed by atoms with van der Waals surface area (Å²) in [5.41, 5.74) is 7.26. The molecule has 194 valence electrons. The maximum Gasteiger partial charge on any atom is 0.223 e. The lowest BCUT2D eigenvalue weighted by molar-refractivity contribution is -0.143. The first-order chi connectivity index (χ1) is 16.4. The Bertz CT molecular complexity index is 979. The summed E-state index contributed by atoms with van der Waals surface area (Å²) in [4.78, 5) is 30.6. The fraction of sp³-hybridized carbons (Fsp3) is 0.593. The number of Topliss-reactive ketones (excluding diaryl/α,β-unsaturated/α-hetero) is 1. The summed E-state index contributed by atoms with van der Waals surface area (Å²) >= 11 is 1.49. The topological polar surface area (TPSA) is 126 Å². The molecule has 7 nitrogen and oxygen atoms in total. The summed E-state index contributed by atoms with van der Waals surface area (Å²) in [7, 11) is 0. The van der Waals surface area contributed by atoms with Crippen LogP contribution in [0.25, 0.3) is 6.08 Å². The van der Waals surface area contributed by atoms with E-state index in [-0.39, 0.29) is 30.1 Å². The molecule has 1 aliphatic rings. The summed E-state index contributed by atoms with van der Waals surface area (Å²) in [5, 5.41) is 27.4. The van der Waals surface area contributed by atoms with E-state index in [2.05, 4.69) is 16.4 Å². The van der Waals surface area contributed by atoms with Crippen LogP contribution >= 0.6 is 11.3 Å². The molecule has 1 unspecified atom stereocenters. The van der Waals surface area contributed by atoms with Crippen molar-refractivity contribution in [2.45, 2.75) is 85.6 Å². The fourth-order valence-corrected chi connectivity index (χ4v) is 4.87. The highest BCUT2D eigenvalue weighted by atomic mass is 32.1. The number of aliphatic hydroxyl groups is 2. The number of allylic oxidation sites excluding steroid dienone is 3. The van der Waals surface area contributed by atoms with Gasteiger partial charge in [0.25, 0.3) is 0 Å². The number of nitrogens with zero attached hydrogens (tertiary/aromatic N) is 1. The van der Waals surface area contributed by atoms with Crippen molar-refractivity contribution in [1.82, 2.24) is 10.3 Å². The lowest BCUT2D eigenvalue weighted by Crippen LogP contribution is -2.47. The van der Waals surface area contributed by atoms with Crippen LogP contribution < -0.4 is 11.1 Å². The van der Waals surface area contributed by atoms with Crippen LogP contribution in [0.5, 0.6) is 0 Å². The molecule has 0 saturated carbocycles. The van der Waals surface area contributed by atoms with Gasteiger partial charge >= 0.3 is 0 Å². The highest BCUT2D eigenvalue weighted by molar-refractivity contribution is 7.09. The van der Waals surface area contributed by atoms with Crippen LogP contribution in [0.4, 0.5) is 0 Å². The Hall–Kier alpha value is -2.13. The third-order valence-electron chi connectivity index (χ3n) is 6.92. The Kier molecular flexibility index (Phi) is 10.6. The number of hydrogen-bond acceptors (Lipinski definition) is 7. The predicted molar refractivity (Wildman–Crippen MR) is 141 cm³/mol. The number of aromatic nitrogens is 1. The molecule has 0 radical (unpaired) electrons. The second kappa shape index (κ2) is 12.7. The molecule has 1 amide bonds. The van der Waals surface area contributed by atoms with Gasteiger partial charge in [0.15, 0.2) is 0 Å². The summed E-state index contributed by atoms with van der Waals surface area (Å²) in [6, 6.07) is -0.299. The molecule has 1 aliphatic heterocycles. The van der Waals surface area contributed by atoms with E-state index >= 15 is 0 Å². The van der Waals surface area contributed by atoms with E-state index in [0.717, 1.165) is 21.8 Å². The minimum atomic E-state index is -1.18. The van der Waals surface area contributed by atoms with E-state index in [1.807, 2.05) is 44.4 Å². The minimum Gasteiger partial charge on any atom is -0.392 e. The highest BCUT2D eigenvalue weighted by Crippen LogP contribution is 2.31. The molecule has 0 spiro atoms. The lowest BCUT2D eigenvalue weighted by Gasteiger charge is -2.34. The number of nitrogens with one attached hydrogen (secondary N) is 1. The van der Waals surface area contributed by atoms with Crippen molar-refractivity contribution in [2.24, 2.45) is 23.0 Å². The number of carbonyl (C=O) groups excluding carboxylic acids is 2. The molecule has 0 aromatic carbocycles. The van der Waals surface area contributed by atoms with E-state index in [9.17, 15) is 19.8 Å². The smallest absolute Gasteiger partial charge is 0.223 e. The van der Waals surface area contributed by atoms with Crippen molar-refractivity contribution in [3.8, 4) is 0 Å². The Labute approximate surface area is 213 Å². The minimum absolute atomic E-state index is 0.128. The molecule has 0 fully saturated rings. The number of amides is 1. The van der Waals surface area contributed by atoms with E-state index in [4.69, 9.17) is 5.73 Å². The molecule has 0 bridgehead atoms. The van der Waals surface area contributed by atoms with Gasteiger partial charge in [-0.15, -0.1) is 11.3 Å². The van der Waals surface area contributed by atoms with Crippen LogP contribution in [-0.4, -0.2) is 45.1 Å². The standard InChI is InChI=1S/C27H41N3O4S/c1-16-8-7-9-17(2)25(33)19(4)26(34)27(5,6)22(31)13-23(32)30-21(11-10-16)18(3)12-20-15-35-24(14-28)29-20/h7-8,10,12,15,17,19,21-22,25,31,33H,9,11,13-14,28H2,1-6H3,(H,30,32)/b8-7+,16-10-,18-12+/t17-,19+,21-,22-,25?/m0/s1. The molecular weight excluding hydrogens is 462 g/mol. The third kappa shape index (κ3) is 7.93. The van der Waals surface area contributed by atoms with Gasteiger partial charge in [-0.2, -0.15) is 0 Å². The number of nitrogens with two attached hydrogens (primary N) is 1. The second-order valence-corrected chi connectivity index (χ2v) is 11.2. The molecular formula is C27H41N3O4S. The SMILES string of the molecule is CC1=C/C[C@@H](/C(C)=C/c2csc(CN)n2)NC(=O)C[C@H](O)C(C)(C)C(=O)[C@H](C)C(O)[C@@H](C)C\C=C\1. The second-order valence-electron chi connectivity index (χ2n) is 10.3. The molecule has 1 aromatic heterocycles. The predicted octanol–water partition coefficient (Wildman–Crippen LogP) is 3.77. The van der Waals surface area contributed by atoms with Crippen LogP contribution in [0, 0.1) is 17.3 Å². The number of hydrogen-bond donors (Lipinski definition) is 4. The van der Waals surface area contributed by atoms with Gasteiger partial charge in [-0.3, -0.25) is 9.59 Å². The van der Waals surface area contributed by atoms with Crippen molar-refractivity contribution >= 4 is 29.1 Å². The lowest BCUT2D eigenvalue weighted by atomic mass is 9.73. The van der Waals surface area contributed by atoms with Gasteiger partial charge in [-0.1, -0.05) is 51.5 Å². The van der Waals surface area contributed by atoms with Crippen LogP contribution in [0.2, 0.25) is 0 Å². The van der Waals surface area contributed by atoms with Crippen molar-refractivity contribution in [3.63, 3.8) is 0 Å². The van der Waals surface area contributed by atoms with Crippen LogP contribution in [0.3, 0.4) is 0 Å². The molecule has 2 rings (SSSR count). The first-order valence-electron chi connectivity index (χ1n) is 12.2. The van der Waals surface area contributed by atoms with Gasteiger partial charge in [-0.25, -0.2) is 4.98 Å². The molecule has 5 atom stereocenters. The average Bonchev–Trinajstić information content (AvgIpc) is 3.26. The normalized spacial score (nSPS) is 32.0. The monoisotopic (exact) mass is 503 g/mol. The van der Waals surface area contributed by atoms with Crippen LogP contribution in [-0.2, 0) is 16.1 Å². The fourth-order valence-electron chi connectivity index (χ4n) is 4.24. The molecule has 0 saturated heterocycles. The number of thiazole rings is 1. The molecule has 0 aliphatic carbocycles. The first kappa shape index (κ1) is 29.1. The quantitative estimate of drug-likeness (QED) is 0.498. The van der Waals surface area contributed by atoms with Gasteiger partial charge in [0.1, 0.15) is 10.8 Å². The van der Waals surface area contributed by atoms with E-state index < -0.39 is 23.5 Å².